The average Bonchev–Trinajstić information content (AvgIpc) is 2.54. The first kappa shape index (κ1) is 11.2. The maximum atomic E-state index is 5.37. The summed E-state index contributed by atoms with van der Waals surface area (Å²) in [5.74, 6) is 0. The molecule has 1 heterocycles. The van der Waals surface area contributed by atoms with Crippen LogP contribution in [0.4, 0.5) is 0 Å². The van der Waals surface area contributed by atoms with Crippen LogP contribution in [0.5, 0.6) is 0 Å². The summed E-state index contributed by atoms with van der Waals surface area (Å²) in [6.07, 6.45) is 6.61. The highest BCUT2D eigenvalue weighted by Crippen LogP contribution is 2.03. The minimum absolute atomic E-state index is 0.116. The van der Waals surface area contributed by atoms with Crippen molar-refractivity contribution in [3.63, 3.8) is 0 Å². The van der Waals surface area contributed by atoms with Gasteiger partial charge in [-0.1, -0.05) is 0 Å². The van der Waals surface area contributed by atoms with E-state index in [1.54, 1.807) is 6.20 Å². The summed E-state index contributed by atoms with van der Waals surface area (Å²) in [5.41, 5.74) is 2.84. The number of hydroxylamine groups is 1. The molecule has 1 N–H and O–H groups in total. The zero-order valence-electron chi connectivity index (χ0n) is 9.16. The predicted octanol–water partition coefficient (Wildman–Crippen LogP) is 1.59. The maximum Gasteiger partial charge on any atom is 0.0945 e. The Hall–Kier alpha value is -0.870. The van der Waals surface area contributed by atoms with Gasteiger partial charge >= 0.3 is 0 Å². The van der Waals surface area contributed by atoms with Gasteiger partial charge in [-0.2, -0.15) is 0 Å². The van der Waals surface area contributed by atoms with Gasteiger partial charge in [0.15, 0.2) is 0 Å². The van der Waals surface area contributed by atoms with Crippen LogP contribution >= 0.6 is 0 Å². The van der Waals surface area contributed by atoms with Crippen molar-refractivity contribution in [3.05, 3.63) is 18.7 Å². The van der Waals surface area contributed by atoms with Crippen molar-refractivity contribution in [3.8, 4) is 0 Å². The van der Waals surface area contributed by atoms with E-state index >= 15 is 0 Å². The number of rotatable bonds is 5. The molecule has 0 aliphatic heterocycles. The smallest absolute Gasteiger partial charge is 0.0945 e. The molecule has 1 rings (SSSR count). The molecule has 1 aromatic rings. The van der Waals surface area contributed by atoms with Crippen LogP contribution in [-0.2, 0) is 11.4 Å². The van der Waals surface area contributed by atoms with Crippen molar-refractivity contribution < 1.29 is 4.84 Å². The highest BCUT2D eigenvalue weighted by molar-refractivity contribution is 4.73. The molecule has 14 heavy (non-hydrogen) atoms. The zero-order valence-corrected chi connectivity index (χ0v) is 9.16. The van der Waals surface area contributed by atoms with E-state index in [9.17, 15) is 0 Å². The van der Waals surface area contributed by atoms with E-state index < -0.39 is 0 Å². The van der Waals surface area contributed by atoms with Gasteiger partial charge in [0.25, 0.3) is 0 Å². The molecular formula is C10H19N3O. The second-order valence-corrected chi connectivity index (χ2v) is 4.26. The second-order valence-electron chi connectivity index (χ2n) is 4.26. The van der Waals surface area contributed by atoms with E-state index in [-0.39, 0.29) is 5.60 Å². The molecule has 0 amide bonds. The fourth-order valence-corrected chi connectivity index (χ4v) is 1.02. The van der Waals surface area contributed by atoms with Crippen molar-refractivity contribution in [1.29, 1.82) is 0 Å². The molecule has 0 radical (unpaired) electrons. The molecule has 80 valence electrons. The summed E-state index contributed by atoms with van der Waals surface area (Å²) >= 11 is 0. The van der Waals surface area contributed by atoms with Gasteiger partial charge < -0.3 is 4.57 Å². The van der Waals surface area contributed by atoms with Crippen LogP contribution in [0.1, 0.15) is 27.2 Å². The lowest BCUT2D eigenvalue weighted by Gasteiger charge is -2.19. The third-order valence-electron chi connectivity index (χ3n) is 1.63. The van der Waals surface area contributed by atoms with Gasteiger partial charge in [0.2, 0.25) is 0 Å². The lowest BCUT2D eigenvalue weighted by molar-refractivity contribution is -0.0727. The van der Waals surface area contributed by atoms with Crippen LogP contribution in [0, 0.1) is 0 Å². The van der Waals surface area contributed by atoms with Gasteiger partial charge in [0.05, 0.1) is 11.9 Å². The number of aryl methyl sites for hydroxylation is 1. The van der Waals surface area contributed by atoms with E-state index in [4.69, 9.17) is 4.84 Å². The van der Waals surface area contributed by atoms with Crippen molar-refractivity contribution in [2.24, 2.45) is 0 Å². The highest BCUT2D eigenvalue weighted by Gasteiger charge is 2.08. The fraction of sp³-hybridized carbons (Fsp3) is 0.700. The minimum Gasteiger partial charge on any atom is -0.337 e. The normalized spacial score (nSPS) is 11.9. The topological polar surface area (TPSA) is 39.1 Å². The van der Waals surface area contributed by atoms with Crippen LogP contribution in [0.2, 0.25) is 0 Å². The molecule has 1 aromatic heterocycles. The molecule has 0 aromatic carbocycles. The lowest BCUT2D eigenvalue weighted by Crippen LogP contribution is -2.30. The summed E-state index contributed by atoms with van der Waals surface area (Å²) in [7, 11) is 0. The maximum absolute atomic E-state index is 5.37. The molecule has 0 saturated heterocycles. The van der Waals surface area contributed by atoms with E-state index in [1.807, 2.05) is 33.3 Å². The number of nitrogens with zero attached hydrogens (tertiary/aromatic N) is 2. The van der Waals surface area contributed by atoms with Gasteiger partial charge in [0.1, 0.15) is 0 Å². The first-order chi connectivity index (χ1) is 6.58. The Kier molecular flexibility index (Phi) is 4.10. The number of hydrogen-bond acceptors (Lipinski definition) is 3. The Bertz CT molecular complexity index is 238. The Morgan fingerprint density at radius 3 is 2.79 bits per heavy atom. The molecular weight excluding hydrogens is 178 g/mol. The standard InChI is InChI=1S/C10H19N3O/c1-10(2,3)14-12-5-4-7-13-8-6-11-9-13/h6,8-9,12H,4-5,7H2,1-3H3. The first-order valence-corrected chi connectivity index (χ1v) is 4.94. The molecule has 0 unspecified atom stereocenters. The van der Waals surface area contributed by atoms with Gasteiger partial charge in [-0.25, -0.2) is 10.5 Å². The Labute approximate surface area is 85.2 Å². The van der Waals surface area contributed by atoms with E-state index in [0.717, 1.165) is 19.5 Å². The minimum atomic E-state index is -0.116. The summed E-state index contributed by atoms with van der Waals surface area (Å²) in [5, 5.41) is 0. The SMILES string of the molecule is CC(C)(C)ONCCCn1ccnc1. The molecule has 0 atom stereocenters. The quantitative estimate of drug-likeness (QED) is 0.575. The Morgan fingerprint density at radius 1 is 1.43 bits per heavy atom. The number of nitrogens with one attached hydrogen (secondary N) is 1. The average molecular weight is 197 g/mol. The van der Waals surface area contributed by atoms with Crippen LogP contribution in [0.3, 0.4) is 0 Å². The summed E-state index contributed by atoms with van der Waals surface area (Å²) in [4.78, 5) is 9.35. The molecule has 4 nitrogen and oxygen atoms in total. The fourth-order valence-electron chi connectivity index (χ4n) is 1.02. The van der Waals surface area contributed by atoms with Crippen LogP contribution < -0.4 is 5.48 Å². The van der Waals surface area contributed by atoms with Gasteiger partial charge in [0, 0.05) is 25.5 Å². The van der Waals surface area contributed by atoms with Crippen molar-refractivity contribution >= 4 is 0 Å². The van der Waals surface area contributed by atoms with Gasteiger partial charge in [-0.15, -0.1) is 0 Å². The summed E-state index contributed by atoms with van der Waals surface area (Å²) < 4.78 is 2.05. The molecule has 0 aliphatic carbocycles. The van der Waals surface area contributed by atoms with E-state index in [2.05, 4.69) is 15.0 Å². The third-order valence-corrected chi connectivity index (χ3v) is 1.63. The van der Waals surface area contributed by atoms with Crippen LogP contribution in [0.25, 0.3) is 0 Å². The number of hydrogen-bond donors (Lipinski definition) is 1. The Morgan fingerprint density at radius 2 is 2.21 bits per heavy atom. The molecule has 0 saturated carbocycles. The summed E-state index contributed by atoms with van der Waals surface area (Å²) in [6, 6.07) is 0. The van der Waals surface area contributed by atoms with Gasteiger partial charge in [-0.05, 0) is 27.2 Å². The Balaban J connectivity index is 2.00. The van der Waals surface area contributed by atoms with E-state index in [0.29, 0.717) is 0 Å². The van der Waals surface area contributed by atoms with E-state index in [1.165, 1.54) is 0 Å². The van der Waals surface area contributed by atoms with Crippen molar-refractivity contribution in [2.45, 2.75) is 39.3 Å². The molecule has 0 bridgehead atoms. The lowest BCUT2D eigenvalue weighted by atomic mass is 10.2. The van der Waals surface area contributed by atoms with Crippen molar-refractivity contribution in [1.82, 2.24) is 15.0 Å². The predicted molar refractivity (Wildman–Crippen MR) is 55.7 cm³/mol. The first-order valence-electron chi connectivity index (χ1n) is 4.94. The molecule has 0 aliphatic rings. The zero-order chi connectivity index (χ0) is 10.4. The third kappa shape index (κ3) is 4.99. The summed E-state index contributed by atoms with van der Waals surface area (Å²) in [6.45, 7) is 7.90. The van der Waals surface area contributed by atoms with Crippen LogP contribution in [0.15, 0.2) is 18.7 Å². The molecule has 4 heteroatoms. The number of imidazole rings is 1. The second kappa shape index (κ2) is 5.12. The molecule has 0 fully saturated rings. The van der Waals surface area contributed by atoms with Gasteiger partial charge in [-0.3, -0.25) is 4.84 Å². The number of aromatic nitrogens is 2. The highest BCUT2D eigenvalue weighted by atomic mass is 16.7. The molecule has 0 spiro atoms. The largest absolute Gasteiger partial charge is 0.337 e. The monoisotopic (exact) mass is 197 g/mol. The van der Waals surface area contributed by atoms with Crippen LogP contribution in [-0.4, -0.2) is 21.7 Å². The van der Waals surface area contributed by atoms with Crippen molar-refractivity contribution in [2.75, 3.05) is 6.54 Å².